The van der Waals surface area contributed by atoms with E-state index in [4.69, 9.17) is 18.0 Å². The summed E-state index contributed by atoms with van der Waals surface area (Å²) in [6.07, 6.45) is 1.55. The van der Waals surface area contributed by atoms with Crippen LogP contribution >= 0.6 is 12.2 Å². The van der Waals surface area contributed by atoms with Gasteiger partial charge in [-0.1, -0.05) is 26.1 Å². The van der Waals surface area contributed by atoms with Gasteiger partial charge in [-0.05, 0) is 25.0 Å². The SMILES string of the molecule is CC(C)C(C)NC(=O)Cn1cccc(C(N)=S)c1=O. The molecule has 0 spiro atoms. The van der Waals surface area contributed by atoms with Gasteiger partial charge in [-0.25, -0.2) is 0 Å². The molecule has 0 aromatic carbocycles. The lowest BCUT2D eigenvalue weighted by Crippen LogP contribution is -2.40. The van der Waals surface area contributed by atoms with E-state index in [9.17, 15) is 9.59 Å². The van der Waals surface area contributed by atoms with Crippen molar-refractivity contribution >= 4 is 23.1 Å². The van der Waals surface area contributed by atoms with Crippen molar-refractivity contribution in [2.45, 2.75) is 33.4 Å². The molecule has 0 saturated carbocycles. The molecule has 5 nitrogen and oxygen atoms in total. The van der Waals surface area contributed by atoms with Gasteiger partial charge < -0.3 is 15.6 Å². The lowest BCUT2D eigenvalue weighted by molar-refractivity contribution is -0.122. The number of hydrogen-bond acceptors (Lipinski definition) is 3. The number of amides is 1. The molecule has 0 saturated heterocycles. The van der Waals surface area contributed by atoms with E-state index < -0.39 is 0 Å². The van der Waals surface area contributed by atoms with Crippen molar-refractivity contribution in [1.29, 1.82) is 0 Å². The fraction of sp³-hybridized carbons (Fsp3) is 0.462. The molecule has 0 fully saturated rings. The van der Waals surface area contributed by atoms with Crippen LogP contribution in [0, 0.1) is 5.92 Å². The predicted octanol–water partition coefficient (Wildman–Crippen LogP) is 0.643. The van der Waals surface area contributed by atoms with Crippen molar-refractivity contribution in [2.75, 3.05) is 0 Å². The minimum atomic E-state index is -0.345. The molecule has 0 aliphatic heterocycles. The normalized spacial score (nSPS) is 12.2. The van der Waals surface area contributed by atoms with Crippen molar-refractivity contribution in [3.8, 4) is 0 Å². The minimum Gasteiger partial charge on any atom is -0.389 e. The summed E-state index contributed by atoms with van der Waals surface area (Å²) in [6, 6.07) is 3.26. The smallest absolute Gasteiger partial charge is 0.261 e. The van der Waals surface area contributed by atoms with Gasteiger partial charge >= 0.3 is 0 Å². The molecule has 1 aromatic rings. The van der Waals surface area contributed by atoms with Crippen LogP contribution in [0.25, 0.3) is 0 Å². The fourth-order valence-corrected chi connectivity index (χ4v) is 1.63. The minimum absolute atomic E-state index is 0.0354. The van der Waals surface area contributed by atoms with Crippen molar-refractivity contribution < 1.29 is 4.79 Å². The third-order valence-corrected chi connectivity index (χ3v) is 3.21. The molecule has 0 aliphatic rings. The molecule has 1 atom stereocenters. The first kappa shape index (κ1) is 15.4. The summed E-state index contributed by atoms with van der Waals surface area (Å²) >= 11 is 4.79. The summed E-state index contributed by atoms with van der Waals surface area (Å²) in [7, 11) is 0. The molecule has 0 radical (unpaired) electrons. The molecule has 0 bridgehead atoms. The van der Waals surface area contributed by atoms with E-state index in [0.29, 0.717) is 5.92 Å². The summed E-state index contributed by atoms with van der Waals surface area (Å²) in [4.78, 5) is 23.8. The zero-order valence-corrected chi connectivity index (χ0v) is 12.2. The third kappa shape index (κ3) is 4.17. The molecule has 1 amide bonds. The Morgan fingerprint density at radius 2 is 2.11 bits per heavy atom. The fourth-order valence-electron chi connectivity index (χ4n) is 1.47. The van der Waals surface area contributed by atoms with E-state index in [1.807, 2.05) is 20.8 Å². The highest BCUT2D eigenvalue weighted by molar-refractivity contribution is 7.80. The largest absolute Gasteiger partial charge is 0.389 e. The van der Waals surface area contributed by atoms with Gasteiger partial charge in [-0.15, -0.1) is 0 Å². The lowest BCUT2D eigenvalue weighted by Gasteiger charge is -2.17. The van der Waals surface area contributed by atoms with Crippen molar-refractivity contribution in [3.05, 3.63) is 34.2 Å². The van der Waals surface area contributed by atoms with Crippen LogP contribution in [0.1, 0.15) is 26.3 Å². The summed E-state index contributed by atoms with van der Waals surface area (Å²) in [5.74, 6) is 0.131. The molecule has 3 N–H and O–H groups in total. The number of pyridine rings is 1. The molecule has 1 rings (SSSR count). The number of hydrogen-bond donors (Lipinski definition) is 2. The average molecular weight is 281 g/mol. The zero-order valence-electron chi connectivity index (χ0n) is 11.3. The summed E-state index contributed by atoms with van der Waals surface area (Å²) in [5, 5.41) is 2.84. The quantitative estimate of drug-likeness (QED) is 0.777. The van der Waals surface area contributed by atoms with Gasteiger partial charge in [0.1, 0.15) is 11.5 Å². The Hall–Kier alpha value is -1.69. The first-order valence-corrected chi connectivity index (χ1v) is 6.52. The highest BCUT2D eigenvalue weighted by Gasteiger charge is 2.12. The molecule has 1 heterocycles. The molecule has 104 valence electrons. The molecule has 19 heavy (non-hydrogen) atoms. The first-order chi connectivity index (χ1) is 8.82. The van der Waals surface area contributed by atoms with E-state index in [2.05, 4.69) is 5.32 Å². The molecule has 0 aliphatic carbocycles. The standard InChI is InChI=1S/C13H19N3O2S/c1-8(2)9(3)15-11(17)7-16-6-4-5-10(12(14)19)13(16)18/h4-6,8-9H,7H2,1-3H3,(H2,14,19)(H,15,17). The van der Waals surface area contributed by atoms with Gasteiger partial charge in [-0.3, -0.25) is 9.59 Å². The van der Waals surface area contributed by atoms with Gasteiger partial charge in [0.15, 0.2) is 0 Å². The maximum absolute atomic E-state index is 12.0. The van der Waals surface area contributed by atoms with Gasteiger partial charge in [0, 0.05) is 12.2 Å². The average Bonchev–Trinajstić information content (AvgIpc) is 2.31. The highest BCUT2D eigenvalue weighted by Crippen LogP contribution is 1.99. The number of nitrogens with two attached hydrogens (primary N) is 1. The summed E-state index contributed by atoms with van der Waals surface area (Å²) in [5.41, 5.74) is 5.36. The first-order valence-electron chi connectivity index (χ1n) is 6.11. The van der Waals surface area contributed by atoms with E-state index in [1.165, 1.54) is 4.57 Å². The lowest BCUT2D eigenvalue weighted by atomic mass is 10.1. The highest BCUT2D eigenvalue weighted by atomic mass is 32.1. The second-order valence-corrected chi connectivity index (χ2v) is 5.26. The Kier molecular flexibility index (Phi) is 5.23. The van der Waals surface area contributed by atoms with Crippen LogP contribution < -0.4 is 16.6 Å². The number of aromatic nitrogens is 1. The second kappa shape index (κ2) is 6.47. The number of nitrogens with one attached hydrogen (secondary N) is 1. The number of thiocarbonyl (C=S) groups is 1. The maximum atomic E-state index is 12.0. The van der Waals surface area contributed by atoms with Crippen LogP contribution in [0.3, 0.4) is 0 Å². The number of nitrogens with zero attached hydrogens (tertiary/aromatic N) is 1. The molecular formula is C13H19N3O2S. The zero-order chi connectivity index (χ0) is 14.6. The van der Waals surface area contributed by atoms with Crippen molar-refractivity contribution in [1.82, 2.24) is 9.88 Å². The molecule has 1 aromatic heterocycles. The monoisotopic (exact) mass is 281 g/mol. The van der Waals surface area contributed by atoms with Crippen LogP contribution in [0.2, 0.25) is 0 Å². The maximum Gasteiger partial charge on any atom is 0.261 e. The Balaban J connectivity index is 2.84. The Labute approximate surface area is 117 Å². The topological polar surface area (TPSA) is 77.1 Å². The van der Waals surface area contributed by atoms with Gasteiger partial charge in [-0.2, -0.15) is 0 Å². The number of carbonyl (C=O) groups is 1. The van der Waals surface area contributed by atoms with E-state index in [1.54, 1.807) is 18.3 Å². The van der Waals surface area contributed by atoms with Gasteiger partial charge in [0.25, 0.3) is 5.56 Å². The Morgan fingerprint density at radius 3 is 2.63 bits per heavy atom. The van der Waals surface area contributed by atoms with Crippen molar-refractivity contribution in [3.63, 3.8) is 0 Å². The molecule has 6 heteroatoms. The van der Waals surface area contributed by atoms with E-state index in [-0.39, 0.29) is 34.6 Å². The Bertz CT molecular complexity index is 537. The third-order valence-electron chi connectivity index (χ3n) is 2.99. The van der Waals surface area contributed by atoms with E-state index in [0.717, 1.165) is 0 Å². The van der Waals surface area contributed by atoms with Crippen LogP contribution in [-0.4, -0.2) is 21.5 Å². The molecule has 1 unspecified atom stereocenters. The van der Waals surface area contributed by atoms with Gasteiger partial charge in [0.2, 0.25) is 5.91 Å². The Morgan fingerprint density at radius 1 is 1.47 bits per heavy atom. The predicted molar refractivity (Wildman–Crippen MR) is 79.0 cm³/mol. The van der Waals surface area contributed by atoms with Crippen LogP contribution in [0.4, 0.5) is 0 Å². The number of rotatable bonds is 5. The van der Waals surface area contributed by atoms with Crippen LogP contribution in [-0.2, 0) is 11.3 Å². The van der Waals surface area contributed by atoms with Gasteiger partial charge in [0.05, 0.1) is 5.56 Å². The van der Waals surface area contributed by atoms with Crippen LogP contribution in [0.15, 0.2) is 23.1 Å². The second-order valence-electron chi connectivity index (χ2n) is 4.82. The molecular weight excluding hydrogens is 262 g/mol. The summed E-state index contributed by atoms with van der Waals surface area (Å²) < 4.78 is 1.30. The van der Waals surface area contributed by atoms with Crippen LogP contribution in [0.5, 0.6) is 0 Å². The van der Waals surface area contributed by atoms with Crippen molar-refractivity contribution in [2.24, 2.45) is 11.7 Å². The summed E-state index contributed by atoms with van der Waals surface area (Å²) in [6.45, 7) is 5.93. The number of carbonyl (C=O) groups excluding carboxylic acids is 1. The van der Waals surface area contributed by atoms with E-state index >= 15 is 0 Å².